The van der Waals surface area contributed by atoms with Gasteiger partial charge in [0.05, 0.1) is 20.6 Å². The minimum atomic E-state index is -4.25. The molecule has 3 aromatic carbocycles. The first-order valence-electron chi connectivity index (χ1n) is 12.9. The number of benzene rings is 3. The third-order valence-electron chi connectivity index (χ3n) is 6.92. The van der Waals surface area contributed by atoms with Crippen molar-refractivity contribution >= 4 is 62.3 Å². The quantitative estimate of drug-likeness (QED) is 0.287. The summed E-state index contributed by atoms with van der Waals surface area (Å²) in [5.41, 5.74) is 0.747. The number of halogens is 3. The molecule has 1 N–H and O–H groups in total. The summed E-state index contributed by atoms with van der Waals surface area (Å²) in [5.74, 6) is -0.898. The molecule has 2 amide bonds. The molecular formula is C29H30Cl3N3O4S. The number of nitrogens with one attached hydrogen (secondary N) is 1. The maximum Gasteiger partial charge on any atom is 0.264 e. The van der Waals surface area contributed by atoms with Gasteiger partial charge in [-0.05, 0) is 61.7 Å². The van der Waals surface area contributed by atoms with Gasteiger partial charge in [-0.2, -0.15) is 0 Å². The number of anilines is 1. The van der Waals surface area contributed by atoms with Crippen LogP contribution in [-0.2, 0) is 26.2 Å². The van der Waals surface area contributed by atoms with E-state index in [9.17, 15) is 18.0 Å². The first-order valence-corrected chi connectivity index (χ1v) is 15.5. The number of amides is 2. The second kappa shape index (κ2) is 13.3. The molecule has 3 aromatic rings. The molecule has 0 bridgehead atoms. The van der Waals surface area contributed by atoms with Crippen LogP contribution in [0.1, 0.15) is 38.2 Å². The van der Waals surface area contributed by atoms with Gasteiger partial charge in [0, 0.05) is 17.6 Å². The van der Waals surface area contributed by atoms with Crippen molar-refractivity contribution in [2.45, 2.75) is 56.1 Å². The maximum atomic E-state index is 14.0. The van der Waals surface area contributed by atoms with Crippen LogP contribution in [0.4, 0.5) is 5.69 Å². The van der Waals surface area contributed by atoms with Gasteiger partial charge in [-0.25, -0.2) is 8.42 Å². The lowest BCUT2D eigenvalue weighted by Gasteiger charge is -2.32. The van der Waals surface area contributed by atoms with Gasteiger partial charge < -0.3 is 10.2 Å². The zero-order valence-corrected chi connectivity index (χ0v) is 25.0. The van der Waals surface area contributed by atoms with Gasteiger partial charge in [0.1, 0.15) is 12.6 Å². The summed E-state index contributed by atoms with van der Waals surface area (Å²) in [7, 11) is -4.25. The lowest BCUT2D eigenvalue weighted by Crippen LogP contribution is -2.52. The van der Waals surface area contributed by atoms with Crippen LogP contribution in [0.15, 0.2) is 77.7 Å². The molecule has 0 unspecified atom stereocenters. The fourth-order valence-electron chi connectivity index (χ4n) is 4.72. The molecule has 0 aliphatic heterocycles. The van der Waals surface area contributed by atoms with E-state index in [2.05, 4.69) is 5.32 Å². The van der Waals surface area contributed by atoms with E-state index in [0.717, 1.165) is 30.0 Å². The lowest BCUT2D eigenvalue weighted by molar-refractivity contribution is -0.139. The average molecular weight is 623 g/mol. The van der Waals surface area contributed by atoms with Crippen LogP contribution in [0, 0.1) is 0 Å². The molecule has 7 nitrogen and oxygen atoms in total. The molecule has 1 atom stereocenters. The predicted octanol–water partition coefficient (Wildman–Crippen LogP) is 6.32. The summed E-state index contributed by atoms with van der Waals surface area (Å²) < 4.78 is 28.6. The fraction of sp³-hybridized carbons (Fsp3) is 0.310. The second-order valence-corrected chi connectivity index (χ2v) is 12.8. The molecular weight excluding hydrogens is 593 g/mol. The Bertz CT molecular complexity index is 1460. The Balaban J connectivity index is 1.71. The van der Waals surface area contributed by atoms with Crippen molar-refractivity contribution in [3.05, 3.63) is 93.4 Å². The Morgan fingerprint density at radius 3 is 2.30 bits per heavy atom. The summed E-state index contributed by atoms with van der Waals surface area (Å²) in [5, 5.41) is 3.65. The summed E-state index contributed by atoms with van der Waals surface area (Å²) in [6.45, 7) is 1.06. The molecule has 40 heavy (non-hydrogen) atoms. The summed E-state index contributed by atoms with van der Waals surface area (Å²) in [4.78, 5) is 28.6. The van der Waals surface area contributed by atoms with Gasteiger partial charge in [-0.3, -0.25) is 13.9 Å². The van der Waals surface area contributed by atoms with Crippen molar-refractivity contribution in [2.75, 3.05) is 10.8 Å². The van der Waals surface area contributed by atoms with Crippen molar-refractivity contribution in [1.29, 1.82) is 0 Å². The average Bonchev–Trinajstić information content (AvgIpc) is 3.45. The Kier molecular flexibility index (Phi) is 10.0. The monoisotopic (exact) mass is 621 g/mol. The lowest BCUT2D eigenvalue weighted by atomic mass is 10.1. The van der Waals surface area contributed by atoms with E-state index >= 15 is 0 Å². The van der Waals surface area contributed by atoms with Crippen LogP contribution in [0.2, 0.25) is 15.1 Å². The van der Waals surface area contributed by atoms with Crippen molar-refractivity contribution in [1.82, 2.24) is 10.2 Å². The van der Waals surface area contributed by atoms with Gasteiger partial charge in [0.15, 0.2) is 0 Å². The van der Waals surface area contributed by atoms with E-state index in [1.807, 2.05) is 0 Å². The SMILES string of the molecule is C[C@@H](C(=O)NC1CCCC1)N(Cc1cccc(Cl)c1)C(=O)CN(c1cccc(Cl)c1Cl)S(=O)(=O)c1ccccc1. The third kappa shape index (κ3) is 7.10. The van der Waals surface area contributed by atoms with Crippen LogP contribution in [-0.4, -0.2) is 43.8 Å². The van der Waals surface area contributed by atoms with E-state index in [1.165, 1.54) is 29.2 Å². The molecule has 0 saturated heterocycles. The van der Waals surface area contributed by atoms with Gasteiger partial charge in [0.25, 0.3) is 10.0 Å². The molecule has 0 spiro atoms. The Morgan fingerprint density at radius 1 is 0.950 bits per heavy atom. The van der Waals surface area contributed by atoms with E-state index < -0.39 is 28.5 Å². The van der Waals surface area contributed by atoms with Gasteiger partial charge in [-0.15, -0.1) is 0 Å². The molecule has 0 aromatic heterocycles. The van der Waals surface area contributed by atoms with E-state index in [4.69, 9.17) is 34.8 Å². The molecule has 1 aliphatic carbocycles. The fourth-order valence-corrected chi connectivity index (χ4v) is 6.83. The predicted molar refractivity (Wildman–Crippen MR) is 159 cm³/mol. The van der Waals surface area contributed by atoms with Crippen LogP contribution in [0.3, 0.4) is 0 Å². The second-order valence-electron chi connectivity index (χ2n) is 9.72. The molecule has 1 aliphatic rings. The zero-order chi connectivity index (χ0) is 28.9. The normalized spacial score (nSPS) is 14.5. The summed E-state index contributed by atoms with van der Waals surface area (Å²) >= 11 is 18.9. The topological polar surface area (TPSA) is 86.8 Å². The van der Waals surface area contributed by atoms with Crippen LogP contribution in [0.25, 0.3) is 0 Å². The highest BCUT2D eigenvalue weighted by molar-refractivity contribution is 7.92. The molecule has 0 radical (unpaired) electrons. The standard InChI is InChI=1S/C29H30Cl3N3O4S/c1-20(29(37)33-23-11-5-6-12-23)34(18-21-9-7-10-22(30)17-21)27(36)19-35(26-16-8-15-25(31)28(26)32)40(38,39)24-13-3-2-4-14-24/h2-4,7-10,13-17,20,23H,5-6,11-12,18-19H2,1H3,(H,33,37)/t20-/m0/s1. The van der Waals surface area contributed by atoms with Gasteiger partial charge in [0.2, 0.25) is 11.8 Å². The summed E-state index contributed by atoms with van der Waals surface area (Å²) in [6, 6.07) is 18.5. The highest BCUT2D eigenvalue weighted by Crippen LogP contribution is 2.35. The van der Waals surface area contributed by atoms with Crippen molar-refractivity contribution in [3.63, 3.8) is 0 Å². The van der Waals surface area contributed by atoms with E-state index in [-0.39, 0.29) is 39.1 Å². The van der Waals surface area contributed by atoms with Crippen LogP contribution in [0.5, 0.6) is 0 Å². The van der Waals surface area contributed by atoms with Crippen LogP contribution < -0.4 is 9.62 Å². The largest absolute Gasteiger partial charge is 0.352 e. The van der Waals surface area contributed by atoms with E-state index in [1.54, 1.807) is 55.5 Å². The first-order chi connectivity index (χ1) is 19.1. The first kappa shape index (κ1) is 30.2. The highest BCUT2D eigenvalue weighted by atomic mass is 35.5. The molecule has 1 saturated carbocycles. The van der Waals surface area contributed by atoms with Gasteiger partial charge >= 0.3 is 0 Å². The molecule has 0 heterocycles. The number of rotatable bonds is 10. The Hall–Kier alpha value is -2.78. The number of carbonyl (C=O) groups excluding carboxylic acids is 2. The minimum absolute atomic E-state index is 0.00936. The van der Waals surface area contributed by atoms with E-state index in [0.29, 0.717) is 10.6 Å². The zero-order valence-electron chi connectivity index (χ0n) is 21.9. The molecule has 4 rings (SSSR count). The maximum absolute atomic E-state index is 14.0. The molecule has 11 heteroatoms. The highest BCUT2D eigenvalue weighted by Gasteiger charge is 2.34. The Morgan fingerprint density at radius 2 is 1.62 bits per heavy atom. The van der Waals surface area contributed by atoms with Gasteiger partial charge in [-0.1, -0.05) is 84.0 Å². The third-order valence-corrected chi connectivity index (χ3v) is 9.74. The molecule has 212 valence electrons. The number of hydrogen-bond donors (Lipinski definition) is 1. The number of carbonyl (C=O) groups is 2. The number of nitrogens with zero attached hydrogens (tertiary/aromatic N) is 2. The molecule has 1 fully saturated rings. The van der Waals surface area contributed by atoms with Crippen molar-refractivity contribution in [3.8, 4) is 0 Å². The summed E-state index contributed by atoms with van der Waals surface area (Å²) in [6.07, 6.45) is 3.85. The smallest absolute Gasteiger partial charge is 0.264 e. The number of hydrogen-bond acceptors (Lipinski definition) is 4. The minimum Gasteiger partial charge on any atom is -0.352 e. The Labute approximate surface area is 250 Å². The van der Waals surface area contributed by atoms with Crippen molar-refractivity contribution < 1.29 is 18.0 Å². The number of sulfonamides is 1. The van der Waals surface area contributed by atoms with Crippen molar-refractivity contribution in [2.24, 2.45) is 0 Å². The van der Waals surface area contributed by atoms with Crippen LogP contribution >= 0.6 is 34.8 Å².